The first-order valence-corrected chi connectivity index (χ1v) is 9.26. The molecule has 2 aromatic carbocycles. The Morgan fingerprint density at radius 2 is 1.86 bits per heavy atom. The van der Waals surface area contributed by atoms with Gasteiger partial charge in [0.15, 0.2) is 17.3 Å². The van der Waals surface area contributed by atoms with E-state index in [1.807, 2.05) is 0 Å². The van der Waals surface area contributed by atoms with Gasteiger partial charge < -0.3 is 19.3 Å². The fourth-order valence-electron chi connectivity index (χ4n) is 4.00. The molecule has 1 aliphatic rings. The quantitative estimate of drug-likeness (QED) is 0.746. The highest BCUT2D eigenvalue weighted by molar-refractivity contribution is 6.01. The van der Waals surface area contributed by atoms with Crippen LogP contribution in [-0.2, 0) is 4.74 Å². The van der Waals surface area contributed by atoms with Crippen molar-refractivity contribution in [2.45, 2.75) is 31.3 Å². The summed E-state index contributed by atoms with van der Waals surface area (Å²) in [5.41, 5.74) is 1.19. The first-order chi connectivity index (χ1) is 13.5. The van der Waals surface area contributed by atoms with Crippen LogP contribution in [0.2, 0.25) is 0 Å². The smallest absolute Gasteiger partial charge is 0.170 e. The molecule has 1 aliphatic carbocycles. The molecule has 0 amide bonds. The topological polar surface area (TPSA) is 65.0 Å². The number of ketones is 1. The predicted octanol–water partition coefficient (Wildman–Crippen LogP) is 4.33. The predicted molar refractivity (Wildman–Crippen MR) is 103 cm³/mol. The van der Waals surface area contributed by atoms with Crippen molar-refractivity contribution in [1.82, 2.24) is 0 Å². The number of hydrogen-bond acceptors (Lipinski definition) is 5. The van der Waals surface area contributed by atoms with Crippen LogP contribution in [0.25, 0.3) is 0 Å². The standard InChI is InChI=1S/C22H25FO5/c1-26-14-5-7-16(13-4-8-19(23)20(24)10-13)17(11-14)22(25)18-12-15(27-2)6-9-21(18)28-3/h4,6,8-10,12,14,16-17,24H,5,7,11H2,1-3H3. The van der Waals surface area contributed by atoms with Crippen LogP contribution in [0, 0.1) is 11.7 Å². The van der Waals surface area contributed by atoms with E-state index in [-0.39, 0.29) is 23.7 Å². The van der Waals surface area contributed by atoms with Gasteiger partial charge in [0.05, 0.1) is 25.9 Å². The summed E-state index contributed by atoms with van der Waals surface area (Å²) in [7, 11) is 4.71. The van der Waals surface area contributed by atoms with E-state index in [4.69, 9.17) is 14.2 Å². The number of carbonyl (C=O) groups excluding carboxylic acids is 1. The van der Waals surface area contributed by atoms with Gasteiger partial charge in [-0.1, -0.05) is 6.07 Å². The van der Waals surface area contributed by atoms with Gasteiger partial charge in [-0.05, 0) is 61.1 Å². The number of carbonyl (C=O) groups is 1. The molecule has 0 spiro atoms. The highest BCUT2D eigenvalue weighted by atomic mass is 19.1. The molecule has 0 heterocycles. The minimum Gasteiger partial charge on any atom is -0.505 e. The summed E-state index contributed by atoms with van der Waals surface area (Å²) in [6.45, 7) is 0. The molecule has 3 atom stereocenters. The third kappa shape index (κ3) is 3.97. The van der Waals surface area contributed by atoms with E-state index in [0.29, 0.717) is 29.9 Å². The molecule has 0 aliphatic heterocycles. The van der Waals surface area contributed by atoms with Crippen molar-refractivity contribution in [3.05, 3.63) is 53.3 Å². The van der Waals surface area contributed by atoms with Crippen LogP contribution in [0.1, 0.15) is 41.1 Å². The van der Waals surface area contributed by atoms with E-state index in [1.165, 1.54) is 19.2 Å². The molecule has 6 heteroatoms. The maximum Gasteiger partial charge on any atom is 0.170 e. The summed E-state index contributed by atoms with van der Waals surface area (Å²) in [6.07, 6.45) is 2.00. The van der Waals surface area contributed by atoms with Crippen LogP contribution in [0.4, 0.5) is 4.39 Å². The van der Waals surface area contributed by atoms with E-state index < -0.39 is 11.6 Å². The minimum absolute atomic E-state index is 0.0316. The Morgan fingerprint density at radius 3 is 2.50 bits per heavy atom. The molecule has 0 radical (unpaired) electrons. The SMILES string of the molecule is COc1ccc(OC)c(C(=O)C2CC(OC)CCC2c2ccc(F)c(O)c2)c1. The molecule has 3 rings (SSSR count). The summed E-state index contributed by atoms with van der Waals surface area (Å²) in [5, 5.41) is 9.80. The maximum atomic E-state index is 13.5. The van der Waals surface area contributed by atoms with E-state index >= 15 is 0 Å². The molecule has 5 nitrogen and oxygen atoms in total. The van der Waals surface area contributed by atoms with Crippen molar-refractivity contribution in [1.29, 1.82) is 0 Å². The Morgan fingerprint density at radius 1 is 1.07 bits per heavy atom. The van der Waals surface area contributed by atoms with Crippen molar-refractivity contribution in [2.75, 3.05) is 21.3 Å². The lowest BCUT2D eigenvalue weighted by molar-refractivity contribution is 0.0388. The Balaban J connectivity index is 2.00. The highest BCUT2D eigenvalue weighted by Gasteiger charge is 2.38. The molecule has 1 N–H and O–H groups in total. The number of phenols is 1. The van der Waals surface area contributed by atoms with Crippen molar-refractivity contribution in [3.8, 4) is 17.2 Å². The zero-order chi connectivity index (χ0) is 20.3. The number of Topliss-reactive ketones (excluding diaryl/α,β-unsaturated/α-hetero) is 1. The van der Waals surface area contributed by atoms with Gasteiger partial charge in [0, 0.05) is 13.0 Å². The van der Waals surface area contributed by atoms with Crippen molar-refractivity contribution in [2.24, 2.45) is 5.92 Å². The summed E-state index contributed by atoms with van der Waals surface area (Å²) in [6, 6.07) is 9.41. The first kappa shape index (κ1) is 20.1. The van der Waals surface area contributed by atoms with Crippen LogP contribution in [0.3, 0.4) is 0 Å². The molecule has 2 aromatic rings. The summed E-state index contributed by atoms with van der Waals surface area (Å²) >= 11 is 0. The maximum absolute atomic E-state index is 13.5. The van der Waals surface area contributed by atoms with Gasteiger partial charge in [-0.2, -0.15) is 0 Å². The van der Waals surface area contributed by atoms with Crippen LogP contribution >= 0.6 is 0 Å². The molecule has 1 saturated carbocycles. The Kier molecular flexibility index (Phi) is 6.19. The number of ether oxygens (including phenoxy) is 3. The molecule has 3 unspecified atom stereocenters. The molecular formula is C22H25FO5. The third-order valence-corrected chi connectivity index (χ3v) is 5.54. The molecule has 150 valence electrons. The molecule has 1 fully saturated rings. The summed E-state index contributed by atoms with van der Waals surface area (Å²) in [5.74, 6) is -0.648. The van der Waals surface area contributed by atoms with Crippen LogP contribution in [-0.4, -0.2) is 38.3 Å². The van der Waals surface area contributed by atoms with Gasteiger partial charge >= 0.3 is 0 Å². The Hall–Kier alpha value is -2.60. The molecule has 0 aromatic heterocycles. The normalized spacial score (nSPS) is 21.9. The Labute approximate surface area is 164 Å². The van der Waals surface area contributed by atoms with Crippen molar-refractivity contribution < 1.29 is 28.5 Å². The Bertz CT molecular complexity index is 851. The number of aromatic hydroxyl groups is 1. The number of rotatable bonds is 6. The minimum atomic E-state index is -0.674. The van der Waals surface area contributed by atoms with Crippen LogP contribution in [0.15, 0.2) is 36.4 Å². The fraction of sp³-hybridized carbons (Fsp3) is 0.409. The van der Waals surface area contributed by atoms with Crippen LogP contribution < -0.4 is 9.47 Å². The number of halogens is 1. The molecular weight excluding hydrogens is 363 g/mol. The lowest BCUT2D eigenvalue weighted by Gasteiger charge is -2.35. The van der Waals surface area contributed by atoms with E-state index in [1.54, 1.807) is 38.5 Å². The average Bonchev–Trinajstić information content (AvgIpc) is 2.74. The van der Waals surface area contributed by atoms with Gasteiger partial charge in [-0.15, -0.1) is 0 Å². The van der Waals surface area contributed by atoms with Crippen LogP contribution in [0.5, 0.6) is 17.2 Å². The molecule has 0 saturated heterocycles. The van der Waals surface area contributed by atoms with Gasteiger partial charge in [0.25, 0.3) is 0 Å². The number of hydrogen-bond donors (Lipinski definition) is 1. The zero-order valence-electron chi connectivity index (χ0n) is 16.3. The first-order valence-electron chi connectivity index (χ1n) is 9.26. The van der Waals surface area contributed by atoms with Crippen molar-refractivity contribution >= 4 is 5.78 Å². The number of benzene rings is 2. The number of phenolic OH excluding ortho intramolecular Hbond substituents is 1. The van der Waals surface area contributed by atoms with Gasteiger partial charge in [-0.25, -0.2) is 4.39 Å². The lowest BCUT2D eigenvalue weighted by atomic mass is 9.71. The monoisotopic (exact) mass is 388 g/mol. The molecule has 28 heavy (non-hydrogen) atoms. The number of methoxy groups -OCH3 is 3. The fourth-order valence-corrected chi connectivity index (χ4v) is 4.00. The lowest BCUT2D eigenvalue weighted by Crippen LogP contribution is -2.33. The highest BCUT2D eigenvalue weighted by Crippen LogP contribution is 2.43. The second-order valence-corrected chi connectivity index (χ2v) is 7.03. The second kappa shape index (κ2) is 8.61. The van der Waals surface area contributed by atoms with E-state index in [2.05, 4.69) is 0 Å². The summed E-state index contributed by atoms with van der Waals surface area (Å²) in [4.78, 5) is 13.5. The van der Waals surface area contributed by atoms with E-state index in [9.17, 15) is 14.3 Å². The van der Waals surface area contributed by atoms with Gasteiger partial charge in [0.2, 0.25) is 0 Å². The van der Waals surface area contributed by atoms with Gasteiger partial charge in [-0.3, -0.25) is 4.79 Å². The van der Waals surface area contributed by atoms with Crippen molar-refractivity contribution in [3.63, 3.8) is 0 Å². The average molecular weight is 388 g/mol. The molecule has 0 bridgehead atoms. The third-order valence-electron chi connectivity index (χ3n) is 5.54. The summed E-state index contributed by atoms with van der Waals surface area (Å²) < 4.78 is 29.7. The van der Waals surface area contributed by atoms with E-state index in [0.717, 1.165) is 12.0 Å². The zero-order valence-corrected chi connectivity index (χ0v) is 16.3. The second-order valence-electron chi connectivity index (χ2n) is 7.03. The van der Waals surface area contributed by atoms with Gasteiger partial charge in [0.1, 0.15) is 11.5 Å². The largest absolute Gasteiger partial charge is 0.505 e.